The van der Waals surface area contributed by atoms with E-state index in [1.165, 1.54) is 25.2 Å². The van der Waals surface area contributed by atoms with Crippen molar-refractivity contribution in [1.29, 1.82) is 0 Å². The third-order valence-corrected chi connectivity index (χ3v) is 5.18. The fourth-order valence-corrected chi connectivity index (χ4v) is 3.46. The summed E-state index contributed by atoms with van der Waals surface area (Å²) in [6.07, 6.45) is 2.80. The quantitative estimate of drug-likeness (QED) is 0.865. The van der Waals surface area contributed by atoms with E-state index in [1.807, 2.05) is 40.6 Å². The van der Waals surface area contributed by atoms with E-state index >= 15 is 0 Å². The minimum Gasteiger partial charge on any atom is -0.478 e. The number of rotatable bonds is 5. The summed E-state index contributed by atoms with van der Waals surface area (Å²) in [5.74, 6) is -0.425. The van der Waals surface area contributed by atoms with Crippen LogP contribution < -0.4 is 4.74 Å². The summed E-state index contributed by atoms with van der Waals surface area (Å²) in [6.45, 7) is 4.28. The molecule has 0 spiro atoms. The molecule has 0 aliphatic carbocycles. The lowest BCUT2D eigenvalue weighted by molar-refractivity contribution is -0.152. The standard InChI is InChI=1S/C20H21NO4S/c1-20(2,19(23)24)25-16-6-3-5-15(13-16)14-8-10-21(11-9-14)18(22)17-7-4-12-26-17/h3-8,12-13H,9-11H2,1-2H3,(H,23,24). The molecule has 3 rings (SSSR count). The zero-order chi connectivity index (χ0) is 18.7. The van der Waals surface area contributed by atoms with Crippen LogP contribution in [0, 0.1) is 0 Å². The Hall–Kier alpha value is -2.60. The van der Waals surface area contributed by atoms with Crippen LogP contribution in [0.15, 0.2) is 47.9 Å². The second-order valence-corrected chi connectivity index (χ2v) is 7.60. The number of carboxylic acids is 1. The molecule has 26 heavy (non-hydrogen) atoms. The van der Waals surface area contributed by atoms with Gasteiger partial charge in [0.05, 0.1) is 4.88 Å². The highest BCUT2D eigenvalue weighted by Gasteiger charge is 2.29. The van der Waals surface area contributed by atoms with E-state index in [9.17, 15) is 14.7 Å². The van der Waals surface area contributed by atoms with Crippen LogP contribution in [0.5, 0.6) is 5.75 Å². The highest BCUT2D eigenvalue weighted by atomic mass is 32.1. The van der Waals surface area contributed by atoms with Crippen LogP contribution in [0.1, 0.15) is 35.5 Å². The number of hydrogen-bond acceptors (Lipinski definition) is 4. The van der Waals surface area contributed by atoms with Crippen LogP contribution in [0.4, 0.5) is 0 Å². The second-order valence-electron chi connectivity index (χ2n) is 6.65. The van der Waals surface area contributed by atoms with Gasteiger partial charge in [0.25, 0.3) is 5.91 Å². The van der Waals surface area contributed by atoms with E-state index in [-0.39, 0.29) is 5.91 Å². The van der Waals surface area contributed by atoms with Crippen molar-refractivity contribution in [2.45, 2.75) is 25.9 Å². The summed E-state index contributed by atoms with van der Waals surface area (Å²) in [4.78, 5) is 26.2. The summed E-state index contributed by atoms with van der Waals surface area (Å²) < 4.78 is 5.61. The molecule has 0 radical (unpaired) electrons. The molecule has 0 atom stereocenters. The number of carbonyl (C=O) groups is 2. The van der Waals surface area contributed by atoms with Crippen LogP contribution in [-0.2, 0) is 4.79 Å². The molecule has 0 bridgehead atoms. The molecule has 2 heterocycles. The Kier molecular flexibility index (Phi) is 5.13. The molecule has 0 fully saturated rings. The number of ether oxygens (including phenoxy) is 1. The normalized spacial score (nSPS) is 14.7. The lowest BCUT2D eigenvalue weighted by Gasteiger charge is -2.27. The van der Waals surface area contributed by atoms with Crippen molar-refractivity contribution in [1.82, 2.24) is 4.90 Å². The Morgan fingerprint density at radius 1 is 1.23 bits per heavy atom. The number of benzene rings is 1. The van der Waals surface area contributed by atoms with Crippen LogP contribution in [-0.4, -0.2) is 40.6 Å². The minimum absolute atomic E-state index is 0.0654. The molecule has 5 nitrogen and oxygen atoms in total. The van der Waals surface area contributed by atoms with Gasteiger partial charge in [0, 0.05) is 13.1 Å². The molecule has 1 aromatic heterocycles. The first kappa shape index (κ1) is 18.2. The van der Waals surface area contributed by atoms with Gasteiger partial charge in [-0.05, 0) is 55.0 Å². The largest absolute Gasteiger partial charge is 0.478 e. The topological polar surface area (TPSA) is 66.8 Å². The van der Waals surface area contributed by atoms with Crippen molar-refractivity contribution < 1.29 is 19.4 Å². The van der Waals surface area contributed by atoms with Crippen LogP contribution in [0.2, 0.25) is 0 Å². The molecule has 0 unspecified atom stereocenters. The van der Waals surface area contributed by atoms with Gasteiger partial charge in [-0.3, -0.25) is 4.79 Å². The third-order valence-electron chi connectivity index (χ3n) is 4.32. The van der Waals surface area contributed by atoms with Crippen molar-refractivity contribution >= 4 is 28.8 Å². The molecular weight excluding hydrogens is 350 g/mol. The van der Waals surface area contributed by atoms with Gasteiger partial charge in [0.2, 0.25) is 0 Å². The first-order valence-electron chi connectivity index (χ1n) is 8.41. The molecular formula is C20H21NO4S. The highest BCUT2D eigenvalue weighted by Crippen LogP contribution is 2.28. The molecule has 1 amide bonds. The number of carboxylic acid groups (broad SMARTS) is 1. The number of aliphatic carboxylic acids is 1. The van der Waals surface area contributed by atoms with Crippen LogP contribution in [0.3, 0.4) is 0 Å². The molecule has 6 heteroatoms. The highest BCUT2D eigenvalue weighted by molar-refractivity contribution is 7.12. The average Bonchev–Trinajstić information content (AvgIpc) is 3.15. The van der Waals surface area contributed by atoms with Crippen molar-refractivity contribution in [2.24, 2.45) is 0 Å². The number of nitrogens with zero attached hydrogens (tertiary/aromatic N) is 1. The molecule has 1 N–H and O–H groups in total. The Labute approximate surface area is 156 Å². The smallest absolute Gasteiger partial charge is 0.347 e. The lowest BCUT2D eigenvalue weighted by Crippen LogP contribution is -2.37. The molecule has 1 aromatic carbocycles. The van der Waals surface area contributed by atoms with Crippen LogP contribution in [0.25, 0.3) is 5.57 Å². The third kappa shape index (κ3) is 3.96. The summed E-state index contributed by atoms with van der Waals surface area (Å²) in [6, 6.07) is 11.2. The molecule has 0 saturated heterocycles. The predicted molar refractivity (Wildman–Crippen MR) is 102 cm³/mol. The van der Waals surface area contributed by atoms with Gasteiger partial charge < -0.3 is 14.7 Å². The van der Waals surface area contributed by atoms with Gasteiger partial charge in [-0.2, -0.15) is 0 Å². The molecule has 0 saturated carbocycles. The zero-order valence-corrected chi connectivity index (χ0v) is 15.6. The van der Waals surface area contributed by atoms with Crippen LogP contribution >= 0.6 is 11.3 Å². The molecule has 2 aromatic rings. The first-order chi connectivity index (χ1) is 12.4. The number of thiophene rings is 1. The SMILES string of the molecule is CC(C)(Oc1cccc(C2=CCN(C(=O)c3cccs3)CC2)c1)C(=O)O. The second kappa shape index (κ2) is 7.33. The van der Waals surface area contributed by atoms with E-state index < -0.39 is 11.6 Å². The number of hydrogen-bond donors (Lipinski definition) is 1. The van der Waals surface area contributed by atoms with E-state index in [0.717, 1.165) is 22.4 Å². The summed E-state index contributed by atoms with van der Waals surface area (Å²) >= 11 is 1.45. The monoisotopic (exact) mass is 371 g/mol. The summed E-state index contributed by atoms with van der Waals surface area (Å²) in [7, 11) is 0. The summed E-state index contributed by atoms with van der Waals surface area (Å²) in [5, 5.41) is 11.1. The fourth-order valence-electron chi connectivity index (χ4n) is 2.77. The average molecular weight is 371 g/mol. The molecule has 136 valence electrons. The Balaban J connectivity index is 1.71. The van der Waals surface area contributed by atoms with Gasteiger partial charge in [0.1, 0.15) is 5.75 Å². The maximum Gasteiger partial charge on any atom is 0.347 e. The van der Waals surface area contributed by atoms with E-state index in [1.54, 1.807) is 6.07 Å². The van der Waals surface area contributed by atoms with Crippen molar-refractivity contribution in [3.63, 3.8) is 0 Å². The summed E-state index contributed by atoms with van der Waals surface area (Å²) in [5.41, 5.74) is 0.842. The van der Waals surface area contributed by atoms with Crippen molar-refractivity contribution in [3.8, 4) is 5.75 Å². The van der Waals surface area contributed by atoms with Gasteiger partial charge in [-0.25, -0.2) is 4.79 Å². The minimum atomic E-state index is -1.29. The Bertz CT molecular complexity index is 839. The number of carbonyl (C=O) groups excluding carboxylic acids is 1. The molecule has 1 aliphatic rings. The maximum absolute atomic E-state index is 12.4. The van der Waals surface area contributed by atoms with Gasteiger partial charge in [-0.1, -0.05) is 24.3 Å². The molecule has 1 aliphatic heterocycles. The van der Waals surface area contributed by atoms with E-state index in [2.05, 4.69) is 6.08 Å². The predicted octanol–water partition coefficient (Wildman–Crippen LogP) is 3.92. The van der Waals surface area contributed by atoms with Crippen molar-refractivity contribution in [2.75, 3.05) is 13.1 Å². The maximum atomic E-state index is 12.4. The Morgan fingerprint density at radius 3 is 2.65 bits per heavy atom. The van der Waals surface area contributed by atoms with Gasteiger partial charge in [-0.15, -0.1) is 11.3 Å². The van der Waals surface area contributed by atoms with Gasteiger partial charge in [0.15, 0.2) is 5.60 Å². The van der Waals surface area contributed by atoms with E-state index in [4.69, 9.17) is 4.74 Å². The fraction of sp³-hybridized carbons (Fsp3) is 0.300. The number of amides is 1. The zero-order valence-electron chi connectivity index (χ0n) is 14.8. The first-order valence-corrected chi connectivity index (χ1v) is 9.29. The van der Waals surface area contributed by atoms with Gasteiger partial charge >= 0.3 is 5.97 Å². The lowest BCUT2D eigenvalue weighted by atomic mass is 9.99. The van der Waals surface area contributed by atoms with E-state index in [0.29, 0.717) is 18.8 Å². The van der Waals surface area contributed by atoms with Crippen molar-refractivity contribution in [3.05, 3.63) is 58.3 Å². The Morgan fingerprint density at radius 2 is 2.04 bits per heavy atom.